The average Bonchev–Trinajstić information content (AvgIpc) is 2.95. The highest BCUT2D eigenvalue weighted by Gasteiger charge is 2.20. The molecule has 0 spiro atoms. The monoisotopic (exact) mass is 303 g/mol. The minimum atomic E-state index is -3.53. The van der Waals surface area contributed by atoms with Crippen molar-refractivity contribution in [3.8, 4) is 0 Å². The van der Waals surface area contributed by atoms with E-state index in [2.05, 4.69) is 15.0 Å². The number of benzene rings is 1. The average molecular weight is 303 g/mol. The third-order valence-corrected chi connectivity index (χ3v) is 5.17. The second kappa shape index (κ2) is 5.46. The van der Waals surface area contributed by atoms with Gasteiger partial charge in [0.2, 0.25) is 10.0 Å². The maximum absolute atomic E-state index is 12.5. The molecule has 5 nitrogen and oxygen atoms in total. The van der Waals surface area contributed by atoms with E-state index in [1.165, 1.54) is 0 Å². The van der Waals surface area contributed by atoms with Crippen molar-refractivity contribution in [3.63, 3.8) is 0 Å². The van der Waals surface area contributed by atoms with Crippen LogP contribution >= 0.6 is 0 Å². The van der Waals surface area contributed by atoms with Crippen LogP contribution in [0.4, 0.5) is 5.69 Å². The lowest BCUT2D eigenvalue weighted by Gasteiger charge is -2.15. The van der Waals surface area contributed by atoms with E-state index < -0.39 is 10.0 Å². The Morgan fingerprint density at radius 1 is 1.24 bits per heavy atom. The molecule has 2 N–H and O–H groups in total. The molecule has 3 rings (SSSR count). The first-order valence-electron chi connectivity index (χ1n) is 6.85. The van der Waals surface area contributed by atoms with Crippen molar-refractivity contribution >= 4 is 15.7 Å². The van der Waals surface area contributed by atoms with Gasteiger partial charge in [0, 0.05) is 30.7 Å². The Morgan fingerprint density at radius 2 is 2.00 bits per heavy atom. The van der Waals surface area contributed by atoms with Crippen molar-refractivity contribution in [3.05, 3.63) is 53.9 Å². The van der Waals surface area contributed by atoms with E-state index in [0.717, 1.165) is 29.8 Å². The third kappa shape index (κ3) is 2.91. The molecule has 1 aromatic carbocycles. The maximum Gasteiger partial charge on any atom is 0.241 e. The van der Waals surface area contributed by atoms with Gasteiger partial charge in [-0.25, -0.2) is 13.1 Å². The van der Waals surface area contributed by atoms with Crippen LogP contribution in [-0.4, -0.2) is 19.9 Å². The summed E-state index contributed by atoms with van der Waals surface area (Å²) in [5.74, 6) is 0. The van der Waals surface area contributed by atoms with Gasteiger partial charge in [0.05, 0.1) is 4.90 Å². The van der Waals surface area contributed by atoms with Crippen molar-refractivity contribution in [2.75, 3.05) is 11.9 Å². The molecule has 1 aromatic heterocycles. The molecule has 2 aromatic rings. The highest BCUT2D eigenvalue weighted by Crippen LogP contribution is 2.25. The predicted molar refractivity (Wildman–Crippen MR) is 81.6 cm³/mol. The Kier molecular flexibility index (Phi) is 3.65. The number of hydrogen-bond acceptors (Lipinski definition) is 4. The molecule has 0 saturated heterocycles. The summed E-state index contributed by atoms with van der Waals surface area (Å²) in [4.78, 5) is 4.25. The summed E-state index contributed by atoms with van der Waals surface area (Å²) in [6.07, 6.45) is 4.17. The number of rotatable bonds is 4. The summed E-state index contributed by atoms with van der Waals surface area (Å²) in [6.45, 7) is 2.68. The highest BCUT2D eigenvalue weighted by molar-refractivity contribution is 7.89. The normalized spacial score (nSPS) is 15.3. The molecule has 2 heterocycles. The van der Waals surface area contributed by atoms with Crippen molar-refractivity contribution in [1.29, 1.82) is 0 Å². The zero-order chi connectivity index (χ0) is 14.9. The Bertz CT molecular complexity index is 745. The lowest BCUT2D eigenvalue weighted by molar-refractivity contribution is 0.566. The van der Waals surface area contributed by atoms with Gasteiger partial charge in [0.15, 0.2) is 0 Å². The Labute approximate surface area is 124 Å². The molecular formula is C15H17N3O2S. The van der Waals surface area contributed by atoms with Gasteiger partial charge in [-0.1, -0.05) is 0 Å². The molecule has 0 aliphatic carbocycles. The van der Waals surface area contributed by atoms with Crippen LogP contribution in [0.5, 0.6) is 0 Å². The maximum atomic E-state index is 12.5. The van der Waals surface area contributed by atoms with Gasteiger partial charge in [-0.05, 0) is 54.8 Å². The third-order valence-electron chi connectivity index (χ3n) is 3.63. The van der Waals surface area contributed by atoms with Gasteiger partial charge in [-0.15, -0.1) is 0 Å². The van der Waals surface area contributed by atoms with Crippen molar-refractivity contribution in [2.24, 2.45) is 0 Å². The second-order valence-electron chi connectivity index (χ2n) is 5.12. The fourth-order valence-corrected chi connectivity index (χ4v) is 3.75. The number of aromatic nitrogens is 1. The summed E-state index contributed by atoms with van der Waals surface area (Å²) in [7, 11) is -3.53. The van der Waals surface area contributed by atoms with Crippen LogP contribution in [-0.2, 0) is 16.4 Å². The molecule has 110 valence electrons. The van der Waals surface area contributed by atoms with Gasteiger partial charge in [0.25, 0.3) is 0 Å². The van der Waals surface area contributed by atoms with E-state index in [4.69, 9.17) is 0 Å². The minimum Gasteiger partial charge on any atom is -0.384 e. The van der Waals surface area contributed by atoms with E-state index in [0.29, 0.717) is 4.90 Å². The number of nitrogens with one attached hydrogen (secondary N) is 2. The van der Waals surface area contributed by atoms with E-state index in [-0.39, 0.29) is 6.04 Å². The number of hydrogen-bond donors (Lipinski definition) is 2. The van der Waals surface area contributed by atoms with Crippen molar-refractivity contribution in [2.45, 2.75) is 24.3 Å². The van der Waals surface area contributed by atoms with E-state index in [1.54, 1.807) is 36.7 Å². The van der Waals surface area contributed by atoms with Crippen LogP contribution in [0.15, 0.2) is 47.6 Å². The summed E-state index contributed by atoms with van der Waals surface area (Å²) in [6, 6.07) is 8.52. The lowest BCUT2D eigenvalue weighted by atomic mass is 10.1. The summed E-state index contributed by atoms with van der Waals surface area (Å²) in [5, 5.41) is 3.22. The zero-order valence-corrected chi connectivity index (χ0v) is 12.5. The molecule has 1 aliphatic heterocycles. The first-order valence-corrected chi connectivity index (χ1v) is 8.34. The molecule has 0 saturated carbocycles. The van der Waals surface area contributed by atoms with Crippen LogP contribution in [0.25, 0.3) is 0 Å². The molecule has 1 atom stereocenters. The number of pyridine rings is 1. The van der Waals surface area contributed by atoms with Crippen LogP contribution in [0.2, 0.25) is 0 Å². The topological polar surface area (TPSA) is 71.1 Å². The van der Waals surface area contributed by atoms with Gasteiger partial charge < -0.3 is 5.32 Å². The predicted octanol–water partition coefficient (Wildman–Crippen LogP) is 2.09. The zero-order valence-electron chi connectivity index (χ0n) is 11.7. The van der Waals surface area contributed by atoms with Gasteiger partial charge >= 0.3 is 0 Å². The van der Waals surface area contributed by atoms with Crippen LogP contribution in [0.3, 0.4) is 0 Å². The first-order chi connectivity index (χ1) is 10.1. The standard InChI is InChI=1S/C15H17N3O2S/c1-11(12-4-7-16-8-5-12)18-21(19,20)14-2-3-15-13(10-14)6-9-17-15/h2-5,7-8,10-11,17-18H,6,9H2,1H3. The van der Waals surface area contributed by atoms with Crippen LogP contribution in [0.1, 0.15) is 24.1 Å². The molecule has 0 fully saturated rings. The number of nitrogens with zero attached hydrogens (tertiary/aromatic N) is 1. The Morgan fingerprint density at radius 3 is 2.76 bits per heavy atom. The summed E-state index contributed by atoms with van der Waals surface area (Å²) >= 11 is 0. The molecule has 1 unspecified atom stereocenters. The number of anilines is 1. The highest BCUT2D eigenvalue weighted by atomic mass is 32.2. The quantitative estimate of drug-likeness (QED) is 0.907. The van der Waals surface area contributed by atoms with Gasteiger partial charge in [-0.2, -0.15) is 0 Å². The first kappa shape index (κ1) is 14.0. The molecular weight excluding hydrogens is 286 g/mol. The van der Waals surface area contributed by atoms with Gasteiger partial charge in [-0.3, -0.25) is 4.98 Å². The van der Waals surface area contributed by atoms with Gasteiger partial charge in [0.1, 0.15) is 0 Å². The van der Waals surface area contributed by atoms with E-state index >= 15 is 0 Å². The molecule has 21 heavy (non-hydrogen) atoms. The fraction of sp³-hybridized carbons (Fsp3) is 0.267. The SMILES string of the molecule is CC(NS(=O)(=O)c1ccc2c(c1)CCN2)c1ccncc1. The largest absolute Gasteiger partial charge is 0.384 e. The second-order valence-corrected chi connectivity index (χ2v) is 6.83. The molecule has 0 amide bonds. The van der Waals surface area contributed by atoms with Crippen molar-refractivity contribution in [1.82, 2.24) is 9.71 Å². The van der Waals surface area contributed by atoms with Crippen molar-refractivity contribution < 1.29 is 8.42 Å². The minimum absolute atomic E-state index is 0.302. The van der Waals surface area contributed by atoms with Crippen LogP contribution < -0.4 is 10.0 Å². The van der Waals surface area contributed by atoms with Crippen LogP contribution in [0, 0.1) is 0 Å². The fourth-order valence-electron chi connectivity index (χ4n) is 2.47. The Balaban J connectivity index is 1.84. The Hall–Kier alpha value is -1.92. The van der Waals surface area contributed by atoms with E-state index in [9.17, 15) is 8.42 Å². The number of fused-ring (bicyclic) bond motifs is 1. The molecule has 6 heteroatoms. The smallest absolute Gasteiger partial charge is 0.241 e. The van der Waals surface area contributed by atoms with E-state index in [1.807, 2.05) is 13.0 Å². The summed E-state index contributed by atoms with van der Waals surface area (Å²) in [5.41, 5.74) is 2.96. The summed E-state index contributed by atoms with van der Waals surface area (Å²) < 4.78 is 27.6. The number of sulfonamides is 1. The molecule has 1 aliphatic rings. The lowest BCUT2D eigenvalue weighted by Crippen LogP contribution is -2.27. The molecule has 0 radical (unpaired) electrons. The molecule has 0 bridgehead atoms.